The Kier molecular flexibility index (Phi) is 8.17. The molecule has 1 aromatic rings. The molecule has 0 fully saturated rings. The van der Waals surface area contributed by atoms with Crippen molar-refractivity contribution in [3.05, 3.63) is 24.2 Å². The SMILES string of the molecule is CCCNC(=O)NC(=O)COC(=O)[C@@H](NC(=O)c1ccco1)C(C)C. The molecule has 0 aliphatic heterocycles. The van der Waals surface area contributed by atoms with Crippen LogP contribution in [0.15, 0.2) is 22.8 Å². The Hall–Kier alpha value is -2.84. The number of imide groups is 1. The zero-order valence-corrected chi connectivity index (χ0v) is 14.5. The molecule has 25 heavy (non-hydrogen) atoms. The summed E-state index contributed by atoms with van der Waals surface area (Å²) in [5, 5.41) is 6.98. The van der Waals surface area contributed by atoms with Crippen LogP contribution in [0.1, 0.15) is 37.7 Å². The summed E-state index contributed by atoms with van der Waals surface area (Å²) in [6.07, 6.45) is 2.06. The van der Waals surface area contributed by atoms with Crippen LogP contribution in [0.25, 0.3) is 0 Å². The molecule has 1 heterocycles. The smallest absolute Gasteiger partial charge is 0.329 e. The van der Waals surface area contributed by atoms with Gasteiger partial charge in [-0.25, -0.2) is 9.59 Å². The van der Waals surface area contributed by atoms with Crippen molar-refractivity contribution < 1.29 is 28.3 Å². The van der Waals surface area contributed by atoms with Crippen LogP contribution in [0.3, 0.4) is 0 Å². The molecule has 1 rings (SSSR count). The number of esters is 1. The van der Waals surface area contributed by atoms with Gasteiger partial charge in [-0.3, -0.25) is 14.9 Å². The van der Waals surface area contributed by atoms with Crippen molar-refractivity contribution in [3.63, 3.8) is 0 Å². The van der Waals surface area contributed by atoms with E-state index in [4.69, 9.17) is 9.15 Å². The Morgan fingerprint density at radius 1 is 1.24 bits per heavy atom. The summed E-state index contributed by atoms with van der Waals surface area (Å²) >= 11 is 0. The minimum absolute atomic E-state index is 0.0591. The molecule has 0 bridgehead atoms. The van der Waals surface area contributed by atoms with E-state index in [1.165, 1.54) is 12.3 Å². The Balaban J connectivity index is 2.49. The van der Waals surface area contributed by atoms with E-state index in [1.807, 2.05) is 12.2 Å². The summed E-state index contributed by atoms with van der Waals surface area (Å²) in [7, 11) is 0. The average Bonchev–Trinajstić information content (AvgIpc) is 3.09. The number of hydrogen-bond acceptors (Lipinski definition) is 6. The van der Waals surface area contributed by atoms with Crippen molar-refractivity contribution >= 4 is 23.8 Å². The lowest BCUT2D eigenvalue weighted by molar-refractivity contribution is -0.151. The lowest BCUT2D eigenvalue weighted by Gasteiger charge is -2.20. The zero-order valence-electron chi connectivity index (χ0n) is 14.5. The fraction of sp³-hybridized carbons (Fsp3) is 0.500. The molecule has 0 aliphatic carbocycles. The van der Waals surface area contributed by atoms with E-state index in [-0.39, 0.29) is 11.7 Å². The summed E-state index contributed by atoms with van der Waals surface area (Å²) in [5.41, 5.74) is 0. The zero-order chi connectivity index (χ0) is 18.8. The van der Waals surface area contributed by atoms with Gasteiger partial charge in [-0.15, -0.1) is 0 Å². The maximum Gasteiger partial charge on any atom is 0.329 e. The molecule has 1 atom stereocenters. The van der Waals surface area contributed by atoms with Gasteiger partial charge < -0.3 is 19.8 Å². The highest BCUT2D eigenvalue weighted by Gasteiger charge is 2.27. The summed E-state index contributed by atoms with van der Waals surface area (Å²) < 4.78 is 9.83. The van der Waals surface area contributed by atoms with Crippen LogP contribution >= 0.6 is 0 Å². The molecule has 138 valence electrons. The Morgan fingerprint density at radius 3 is 2.52 bits per heavy atom. The highest BCUT2D eigenvalue weighted by atomic mass is 16.5. The van der Waals surface area contributed by atoms with E-state index in [2.05, 4.69) is 10.6 Å². The van der Waals surface area contributed by atoms with Crippen LogP contribution < -0.4 is 16.0 Å². The lowest BCUT2D eigenvalue weighted by atomic mass is 10.0. The summed E-state index contributed by atoms with van der Waals surface area (Å²) in [6, 6.07) is 1.39. The van der Waals surface area contributed by atoms with Crippen LogP contribution in [0.2, 0.25) is 0 Å². The van der Waals surface area contributed by atoms with Crippen LogP contribution in [0.5, 0.6) is 0 Å². The first-order chi connectivity index (χ1) is 11.8. The molecule has 4 amide bonds. The fourth-order valence-corrected chi connectivity index (χ4v) is 1.79. The number of carbonyl (C=O) groups is 4. The topological polar surface area (TPSA) is 127 Å². The van der Waals surface area contributed by atoms with E-state index in [9.17, 15) is 19.2 Å². The van der Waals surface area contributed by atoms with Crippen LogP contribution in [-0.2, 0) is 14.3 Å². The number of nitrogens with one attached hydrogen (secondary N) is 3. The van der Waals surface area contributed by atoms with Gasteiger partial charge in [-0.2, -0.15) is 0 Å². The highest BCUT2D eigenvalue weighted by molar-refractivity contribution is 5.97. The van der Waals surface area contributed by atoms with E-state index in [0.29, 0.717) is 6.54 Å². The number of carbonyl (C=O) groups excluding carboxylic acids is 4. The number of ether oxygens (including phenoxy) is 1. The van der Waals surface area contributed by atoms with Crippen LogP contribution in [0.4, 0.5) is 4.79 Å². The quantitative estimate of drug-likeness (QED) is 0.594. The van der Waals surface area contributed by atoms with Gasteiger partial charge in [-0.1, -0.05) is 20.8 Å². The van der Waals surface area contributed by atoms with Crippen LogP contribution in [0, 0.1) is 5.92 Å². The van der Waals surface area contributed by atoms with Crippen LogP contribution in [-0.4, -0.2) is 43.0 Å². The molecule has 0 spiro atoms. The standard InChI is InChI=1S/C16H23N3O6/c1-4-7-17-16(23)18-12(20)9-25-15(22)13(10(2)3)19-14(21)11-6-5-8-24-11/h5-6,8,10,13H,4,7,9H2,1-3H3,(H,19,21)(H2,17,18,20,23)/t13-/m0/s1. The Morgan fingerprint density at radius 2 is 1.96 bits per heavy atom. The third-order valence-electron chi connectivity index (χ3n) is 3.09. The van der Waals surface area contributed by atoms with Gasteiger partial charge >= 0.3 is 12.0 Å². The van der Waals surface area contributed by atoms with Gasteiger partial charge in [0.1, 0.15) is 6.04 Å². The number of urea groups is 1. The number of amides is 4. The predicted molar refractivity (Wildman–Crippen MR) is 87.6 cm³/mol. The van der Waals surface area contributed by atoms with Crippen molar-refractivity contribution in [2.75, 3.05) is 13.2 Å². The molecular formula is C16H23N3O6. The summed E-state index contributed by atoms with van der Waals surface area (Å²) in [4.78, 5) is 47.0. The van der Waals surface area contributed by atoms with E-state index >= 15 is 0 Å². The van der Waals surface area contributed by atoms with E-state index < -0.39 is 36.5 Å². The monoisotopic (exact) mass is 353 g/mol. The first-order valence-corrected chi connectivity index (χ1v) is 7.93. The first-order valence-electron chi connectivity index (χ1n) is 7.93. The molecule has 9 heteroatoms. The molecule has 0 unspecified atom stereocenters. The Labute approximate surface area is 145 Å². The van der Waals surface area contributed by atoms with E-state index in [0.717, 1.165) is 6.42 Å². The average molecular weight is 353 g/mol. The molecule has 0 aliphatic rings. The molecule has 0 aromatic carbocycles. The largest absolute Gasteiger partial charge is 0.459 e. The first kappa shape index (κ1) is 20.2. The number of hydrogen-bond donors (Lipinski definition) is 3. The van der Waals surface area contributed by atoms with E-state index in [1.54, 1.807) is 19.9 Å². The van der Waals surface area contributed by atoms with Crippen molar-refractivity contribution in [3.8, 4) is 0 Å². The summed E-state index contributed by atoms with van der Waals surface area (Å²) in [6.45, 7) is 5.09. The highest BCUT2D eigenvalue weighted by Crippen LogP contribution is 2.07. The number of furan rings is 1. The maximum atomic E-state index is 12.1. The molecule has 1 aromatic heterocycles. The molecule has 0 saturated carbocycles. The van der Waals surface area contributed by atoms with Crippen molar-refractivity contribution in [1.82, 2.24) is 16.0 Å². The third kappa shape index (κ3) is 7.06. The molecule has 0 saturated heterocycles. The van der Waals surface area contributed by atoms with Crippen molar-refractivity contribution in [2.24, 2.45) is 5.92 Å². The van der Waals surface area contributed by atoms with Gasteiger partial charge in [0, 0.05) is 6.54 Å². The third-order valence-corrected chi connectivity index (χ3v) is 3.09. The molecule has 3 N–H and O–H groups in total. The van der Waals surface area contributed by atoms with Crippen molar-refractivity contribution in [2.45, 2.75) is 33.2 Å². The van der Waals surface area contributed by atoms with Crippen molar-refractivity contribution in [1.29, 1.82) is 0 Å². The minimum atomic E-state index is -0.959. The maximum absolute atomic E-state index is 12.1. The van der Waals surface area contributed by atoms with Gasteiger partial charge in [-0.05, 0) is 24.5 Å². The lowest BCUT2D eigenvalue weighted by Crippen LogP contribution is -2.47. The molecule has 9 nitrogen and oxygen atoms in total. The second-order valence-corrected chi connectivity index (χ2v) is 5.58. The van der Waals surface area contributed by atoms with Gasteiger partial charge in [0.2, 0.25) is 0 Å². The minimum Gasteiger partial charge on any atom is -0.459 e. The Bertz CT molecular complexity index is 597. The second kappa shape index (κ2) is 10.1. The normalized spacial score (nSPS) is 11.5. The second-order valence-electron chi connectivity index (χ2n) is 5.58. The van der Waals surface area contributed by atoms with Gasteiger partial charge in [0.25, 0.3) is 11.8 Å². The number of rotatable bonds is 8. The molecular weight excluding hydrogens is 330 g/mol. The molecule has 0 radical (unpaired) electrons. The van der Waals surface area contributed by atoms with Gasteiger partial charge in [0.15, 0.2) is 12.4 Å². The summed E-state index contributed by atoms with van der Waals surface area (Å²) in [5.74, 6) is -2.32. The fourth-order valence-electron chi connectivity index (χ4n) is 1.79. The predicted octanol–water partition coefficient (Wildman–Crippen LogP) is 0.813. The van der Waals surface area contributed by atoms with Gasteiger partial charge in [0.05, 0.1) is 6.26 Å².